The van der Waals surface area contributed by atoms with Crippen LogP contribution in [-0.4, -0.2) is 49.4 Å². The molecule has 1 amide bonds. The van der Waals surface area contributed by atoms with E-state index in [1.165, 1.54) is 23.5 Å². The Morgan fingerprint density at radius 1 is 1.30 bits per heavy atom. The zero-order valence-corrected chi connectivity index (χ0v) is 14.0. The summed E-state index contributed by atoms with van der Waals surface area (Å²) in [6.07, 6.45) is 0.642. The third-order valence-electron chi connectivity index (χ3n) is 3.32. The summed E-state index contributed by atoms with van der Waals surface area (Å²) in [4.78, 5) is 21.8. The van der Waals surface area contributed by atoms with Crippen LogP contribution in [0.5, 0.6) is 0 Å². The fourth-order valence-electron chi connectivity index (χ4n) is 1.87. The molecule has 0 unspecified atom stereocenters. The van der Waals surface area contributed by atoms with Crippen molar-refractivity contribution in [2.24, 2.45) is 0 Å². The van der Waals surface area contributed by atoms with Crippen LogP contribution in [-0.2, 0) is 21.2 Å². The molecule has 0 aromatic heterocycles. The second-order valence-electron chi connectivity index (χ2n) is 5.03. The molecule has 0 saturated heterocycles. The summed E-state index contributed by atoms with van der Waals surface area (Å²) < 4.78 is 24.3. The van der Waals surface area contributed by atoms with Crippen molar-refractivity contribution in [2.75, 3.05) is 25.9 Å². The number of carbonyl (C=O) groups is 1. The number of nitrogens with zero attached hydrogens (tertiary/aromatic N) is 2. The predicted molar refractivity (Wildman–Crippen MR) is 86.5 cm³/mol. The summed E-state index contributed by atoms with van der Waals surface area (Å²) in [6, 6.07) is 5.79. The lowest BCUT2D eigenvalue weighted by molar-refractivity contribution is -0.384. The van der Waals surface area contributed by atoms with E-state index < -0.39 is 14.9 Å². The molecule has 128 valence electrons. The molecule has 0 saturated carbocycles. The summed E-state index contributed by atoms with van der Waals surface area (Å²) in [5.41, 5.74) is 0.660. The minimum absolute atomic E-state index is 0.0191. The maximum Gasteiger partial charge on any atom is 0.269 e. The number of hydrogen-bond donors (Lipinski definition) is 1. The van der Waals surface area contributed by atoms with Crippen LogP contribution in [0.15, 0.2) is 24.3 Å². The Morgan fingerprint density at radius 3 is 2.43 bits per heavy atom. The second-order valence-corrected chi connectivity index (χ2v) is 7.39. The Morgan fingerprint density at radius 2 is 1.91 bits per heavy atom. The molecule has 0 aliphatic rings. The molecule has 0 aliphatic heterocycles. The van der Waals surface area contributed by atoms with Gasteiger partial charge in [0.2, 0.25) is 15.9 Å². The molecule has 0 fully saturated rings. The van der Waals surface area contributed by atoms with Gasteiger partial charge in [0.1, 0.15) is 0 Å². The number of hydrogen-bond acceptors (Lipinski definition) is 5. The highest BCUT2D eigenvalue weighted by atomic mass is 32.2. The van der Waals surface area contributed by atoms with Crippen molar-refractivity contribution in [3.8, 4) is 0 Å². The summed E-state index contributed by atoms with van der Waals surface area (Å²) in [5.74, 6) is -0.157. The summed E-state index contributed by atoms with van der Waals surface area (Å²) in [6.45, 7) is 2.29. The van der Waals surface area contributed by atoms with Crippen molar-refractivity contribution < 1.29 is 18.1 Å². The van der Waals surface area contributed by atoms with Crippen molar-refractivity contribution in [1.29, 1.82) is 0 Å². The Bertz CT molecular complexity index is 643. The van der Waals surface area contributed by atoms with E-state index in [-0.39, 0.29) is 23.8 Å². The standard InChI is InChI=1S/C14H21N3O5S/c1-3-23(21,22)16(2)10-4-9-15-14(18)11-12-5-7-13(8-6-12)17(19)20/h5-8H,3-4,9-11H2,1-2H3,(H,15,18). The van der Waals surface area contributed by atoms with Crippen molar-refractivity contribution in [1.82, 2.24) is 9.62 Å². The minimum atomic E-state index is -3.19. The number of rotatable bonds is 9. The molecule has 1 aromatic rings. The van der Waals surface area contributed by atoms with Crippen LogP contribution < -0.4 is 5.32 Å². The van der Waals surface area contributed by atoms with E-state index in [4.69, 9.17) is 0 Å². The normalized spacial score (nSPS) is 11.4. The first-order valence-electron chi connectivity index (χ1n) is 7.20. The van der Waals surface area contributed by atoms with Gasteiger partial charge in [0.15, 0.2) is 0 Å². The molecule has 0 aliphatic carbocycles. The molecule has 0 bridgehead atoms. The molecular weight excluding hydrogens is 322 g/mol. The molecule has 0 spiro atoms. The van der Waals surface area contributed by atoms with Crippen molar-refractivity contribution in [3.05, 3.63) is 39.9 Å². The number of nitrogens with one attached hydrogen (secondary N) is 1. The number of amides is 1. The average Bonchev–Trinajstić information content (AvgIpc) is 2.51. The predicted octanol–water partition coefficient (Wildman–Crippen LogP) is 0.925. The Labute approximate surface area is 135 Å². The first-order valence-corrected chi connectivity index (χ1v) is 8.81. The first kappa shape index (κ1) is 19.0. The van der Waals surface area contributed by atoms with Gasteiger partial charge in [0, 0.05) is 32.3 Å². The van der Waals surface area contributed by atoms with Gasteiger partial charge in [0.05, 0.1) is 17.1 Å². The van der Waals surface area contributed by atoms with Gasteiger partial charge in [-0.3, -0.25) is 14.9 Å². The van der Waals surface area contributed by atoms with E-state index in [0.29, 0.717) is 25.1 Å². The van der Waals surface area contributed by atoms with E-state index in [9.17, 15) is 23.3 Å². The Hall–Kier alpha value is -2.00. The highest BCUT2D eigenvalue weighted by Crippen LogP contribution is 2.12. The van der Waals surface area contributed by atoms with Crippen LogP contribution >= 0.6 is 0 Å². The van der Waals surface area contributed by atoms with E-state index in [0.717, 1.165) is 0 Å². The molecule has 0 radical (unpaired) electrons. The zero-order valence-electron chi connectivity index (χ0n) is 13.2. The fourth-order valence-corrected chi connectivity index (χ4v) is 2.72. The molecule has 1 rings (SSSR count). The van der Waals surface area contributed by atoms with E-state index in [1.54, 1.807) is 19.1 Å². The van der Waals surface area contributed by atoms with Gasteiger partial charge in [-0.1, -0.05) is 12.1 Å². The van der Waals surface area contributed by atoms with Crippen LogP contribution in [0.2, 0.25) is 0 Å². The van der Waals surface area contributed by atoms with E-state index in [1.807, 2.05) is 0 Å². The maximum atomic E-state index is 11.8. The van der Waals surface area contributed by atoms with Crippen LogP contribution in [0.3, 0.4) is 0 Å². The molecule has 1 aromatic carbocycles. The van der Waals surface area contributed by atoms with Gasteiger partial charge in [-0.15, -0.1) is 0 Å². The summed E-state index contributed by atoms with van der Waals surface area (Å²) in [7, 11) is -1.68. The van der Waals surface area contributed by atoms with Crippen LogP contribution in [0.1, 0.15) is 18.9 Å². The lowest BCUT2D eigenvalue weighted by atomic mass is 10.1. The fraction of sp³-hybridized carbons (Fsp3) is 0.500. The van der Waals surface area contributed by atoms with Crippen LogP contribution in [0.4, 0.5) is 5.69 Å². The molecule has 0 heterocycles. The highest BCUT2D eigenvalue weighted by Gasteiger charge is 2.14. The summed E-state index contributed by atoms with van der Waals surface area (Å²) in [5, 5.41) is 13.2. The molecule has 0 atom stereocenters. The monoisotopic (exact) mass is 343 g/mol. The molecule has 1 N–H and O–H groups in total. The molecular formula is C14H21N3O5S. The summed E-state index contributed by atoms with van der Waals surface area (Å²) >= 11 is 0. The Balaban J connectivity index is 2.33. The van der Waals surface area contributed by atoms with Gasteiger partial charge in [0.25, 0.3) is 5.69 Å². The van der Waals surface area contributed by atoms with E-state index >= 15 is 0 Å². The number of benzene rings is 1. The van der Waals surface area contributed by atoms with Crippen LogP contribution in [0, 0.1) is 10.1 Å². The smallest absolute Gasteiger partial charge is 0.269 e. The van der Waals surface area contributed by atoms with Gasteiger partial charge in [-0.2, -0.15) is 0 Å². The van der Waals surface area contributed by atoms with E-state index in [2.05, 4.69) is 5.32 Å². The molecule has 9 heteroatoms. The largest absolute Gasteiger partial charge is 0.356 e. The SMILES string of the molecule is CCS(=O)(=O)N(C)CCCNC(=O)Cc1ccc([N+](=O)[O-])cc1. The van der Waals surface area contributed by atoms with Gasteiger partial charge >= 0.3 is 0 Å². The molecule has 8 nitrogen and oxygen atoms in total. The average molecular weight is 343 g/mol. The van der Waals surface area contributed by atoms with Gasteiger partial charge < -0.3 is 5.32 Å². The van der Waals surface area contributed by atoms with Gasteiger partial charge in [-0.25, -0.2) is 12.7 Å². The maximum absolute atomic E-state index is 11.8. The topological polar surface area (TPSA) is 110 Å². The Kier molecular flexibility index (Phi) is 7.11. The van der Waals surface area contributed by atoms with Crippen molar-refractivity contribution in [2.45, 2.75) is 19.8 Å². The van der Waals surface area contributed by atoms with Gasteiger partial charge in [-0.05, 0) is 18.9 Å². The van der Waals surface area contributed by atoms with Crippen molar-refractivity contribution >= 4 is 21.6 Å². The number of carbonyl (C=O) groups excluding carboxylic acids is 1. The third kappa shape index (κ3) is 6.33. The highest BCUT2D eigenvalue weighted by molar-refractivity contribution is 7.89. The first-order chi connectivity index (χ1) is 10.8. The zero-order chi connectivity index (χ0) is 17.5. The number of nitro benzene ring substituents is 1. The second kappa shape index (κ2) is 8.59. The lowest BCUT2D eigenvalue weighted by Crippen LogP contribution is -2.32. The minimum Gasteiger partial charge on any atom is -0.356 e. The molecule has 23 heavy (non-hydrogen) atoms. The number of sulfonamides is 1. The number of nitro groups is 1. The van der Waals surface area contributed by atoms with Crippen LogP contribution in [0.25, 0.3) is 0 Å². The third-order valence-corrected chi connectivity index (χ3v) is 5.19. The lowest BCUT2D eigenvalue weighted by Gasteiger charge is -2.15. The quantitative estimate of drug-likeness (QED) is 0.407. The number of non-ortho nitro benzene ring substituents is 1. The van der Waals surface area contributed by atoms with Crippen molar-refractivity contribution in [3.63, 3.8) is 0 Å².